The second-order valence-corrected chi connectivity index (χ2v) is 5.22. The maximum atomic E-state index is 6.36. The number of nitrogens with one attached hydrogen (secondary N) is 1. The van der Waals surface area contributed by atoms with Gasteiger partial charge in [-0.15, -0.1) is 5.10 Å². The summed E-state index contributed by atoms with van der Waals surface area (Å²) in [7, 11) is 0. The van der Waals surface area contributed by atoms with Gasteiger partial charge < -0.3 is 5.32 Å². The van der Waals surface area contributed by atoms with Crippen molar-refractivity contribution in [3.63, 3.8) is 0 Å². The molecular weight excluding hydrogens is 286 g/mol. The fourth-order valence-corrected chi connectivity index (χ4v) is 2.43. The van der Waals surface area contributed by atoms with Crippen LogP contribution < -0.4 is 5.32 Å². The van der Waals surface area contributed by atoms with Crippen LogP contribution in [-0.2, 0) is 6.54 Å². The Balaban J connectivity index is 1.92. The highest BCUT2D eigenvalue weighted by atomic mass is 35.5. The Morgan fingerprint density at radius 2 is 2.14 bits per heavy atom. The number of fused-ring (bicyclic) bond motifs is 1. The van der Waals surface area contributed by atoms with E-state index in [-0.39, 0.29) is 0 Å². The Morgan fingerprint density at radius 3 is 2.95 bits per heavy atom. The predicted molar refractivity (Wildman–Crippen MR) is 83.7 cm³/mol. The van der Waals surface area contributed by atoms with E-state index in [0.29, 0.717) is 10.8 Å². The highest BCUT2D eigenvalue weighted by Gasteiger charge is 2.11. The lowest BCUT2D eigenvalue weighted by Crippen LogP contribution is -2.14. The van der Waals surface area contributed by atoms with Crippen molar-refractivity contribution in [1.82, 2.24) is 25.3 Å². The average molecular weight is 302 g/mol. The zero-order valence-corrected chi connectivity index (χ0v) is 12.5. The van der Waals surface area contributed by atoms with Crippen LogP contribution in [0.1, 0.15) is 18.9 Å². The molecule has 1 aromatic carbocycles. The summed E-state index contributed by atoms with van der Waals surface area (Å²) in [5, 5.41) is 12.2. The third-order valence-corrected chi connectivity index (χ3v) is 3.46. The highest BCUT2D eigenvalue weighted by Crippen LogP contribution is 2.22. The van der Waals surface area contributed by atoms with Crippen LogP contribution in [0.15, 0.2) is 36.5 Å². The number of para-hydroxylation sites is 1. The van der Waals surface area contributed by atoms with E-state index in [1.807, 2.05) is 36.5 Å². The molecular formula is C15H16ClN5. The number of hydrogen-bond donors (Lipinski definition) is 1. The molecule has 1 N–H and O–H groups in total. The van der Waals surface area contributed by atoms with Gasteiger partial charge in [-0.25, -0.2) is 4.98 Å². The molecule has 0 aliphatic rings. The van der Waals surface area contributed by atoms with Crippen molar-refractivity contribution in [2.24, 2.45) is 0 Å². The van der Waals surface area contributed by atoms with E-state index >= 15 is 0 Å². The number of rotatable bonds is 5. The summed E-state index contributed by atoms with van der Waals surface area (Å²) in [4.78, 5) is 4.44. The number of aromatic nitrogens is 4. The maximum Gasteiger partial charge on any atom is 0.174 e. The summed E-state index contributed by atoms with van der Waals surface area (Å²) < 4.78 is 1.67. The molecule has 2 aromatic heterocycles. The van der Waals surface area contributed by atoms with Crippen LogP contribution in [0.5, 0.6) is 0 Å². The van der Waals surface area contributed by atoms with E-state index in [9.17, 15) is 0 Å². The molecule has 0 saturated heterocycles. The molecule has 0 bridgehead atoms. The first-order valence-electron chi connectivity index (χ1n) is 6.95. The minimum absolute atomic E-state index is 0.571. The van der Waals surface area contributed by atoms with Crippen LogP contribution in [0.3, 0.4) is 0 Å². The van der Waals surface area contributed by atoms with Crippen LogP contribution in [0.25, 0.3) is 16.9 Å². The van der Waals surface area contributed by atoms with Crippen LogP contribution in [-0.4, -0.2) is 26.5 Å². The highest BCUT2D eigenvalue weighted by molar-refractivity contribution is 6.32. The normalized spacial score (nSPS) is 11.1. The van der Waals surface area contributed by atoms with Gasteiger partial charge in [-0.1, -0.05) is 35.9 Å². The Morgan fingerprint density at radius 1 is 1.29 bits per heavy atom. The molecule has 21 heavy (non-hydrogen) atoms. The molecule has 0 amide bonds. The van der Waals surface area contributed by atoms with E-state index in [0.717, 1.165) is 36.1 Å². The monoisotopic (exact) mass is 301 g/mol. The first-order valence-corrected chi connectivity index (χ1v) is 7.33. The largest absolute Gasteiger partial charge is 0.313 e. The lowest BCUT2D eigenvalue weighted by atomic mass is 10.2. The standard InChI is InChI=1S/C15H16ClN5/c1-2-7-17-9-11-8-12(16)15(18-10-11)21-14-6-4-3-5-13(14)19-20-21/h3-6,8,10,17H,2,7,9H2,1H3. The first-order chi connectivity index (χ1) is 10.3. The Bertz CT molecular complexity index is 753. The zero-order valence-electron chi connectivity index (χ0n) is 11.8. The van der Waals surface area contributed by atoms with Crippen molar-refractivity contribution in [2.75, 3.05) is 6.54 Å². The average Bonchev–Trinajstić information content (AvgIpc) is 2.92. The van der Waals surface area contributed by atoms with Gasteiger partial charge in [0, 0.05) is 12.7 Å². The van der Waals surface area contributed by atoms with Gasteiger partial charge in [0.1, 0.15) is 5.52 Å². The number of nitrogens with zero attached hydrogens (tertiary/aromatic N) is 4. The van der Waals surface area contributed by atoms with Crippen molar-refractivity contribution in [1.29, 1.82) is 0 Å². The van der Waals surface area contributed by atoms with Gasteiger partial charge in [0.2, 0.25) is 0 Å². The quantitative estimate of drug-likeness (QED) is 0.736. The van der Waals surface area contributed by atoms with Crippen molar-refractivity contribution in [3.05, 3.63) is 47.1 Å². The number of pyridine rings is 1. The fraction of sp³-hybridized carbons (Fsp3) is 0.267. The third-order valence-electron chi connectivity index (χ3n) is 3.19. The van der Waals surface area contributed by atoms with Crippen LogP contribution in [0, 0.1) is 0 Å². The van der Waals surface area contributed by atoms with Crippen LogP contribution >= 0.6 is 11.6 Å². The third kappa shape index (κ3) is 2.89. The molecule has 0 unspecified atom stereocenters. The molecule has 0 fully saturated rings. The summed E-state index contributed by atoms with van der Waals surface area (Å²) in [6.45, 7) is 3.88. The van der Waals surface area contributed by atoms with E-state index in [2.05, 4.69) is 27.5 Å². The van der Waals surface area contributed by atoms with E-state index < -0.39 is 0 Å². The number of benzene rings is 1. The summed E-state index contributed by atoms with van der Waals surface area (Å²) in [5.41, 5.74) is 2.77. The van der Waals surface area contributed by atoms with Crippen molar-refractivity contribution in [2.45, 2.75) is 19.9 Å². The van der Waals surface area contributed by atoms with Gasteiger partial charge in [-0.05, 0) is 36.7 Å². The molecule has 0 atom stereocenters. The van der Waals surface area contributed by atoms with Crippen molar-refractivity contribution >= 4 is 22.6 Å². The Hall–Kier alpha value is -1.98. The van der Waals surface area contributed by atoms with E-state index in [1.165, 1.54) is 0 Å². The van der Waals surface area contributed by atoms with Crippen molar-refractivity contribution < 1.29 is 0 Å². The molecule has 3 aromatic rings. The van der Waals surface area contributed by atoms with Crippen LogP contribution in [0.2, 0.25) is 5.02 Å². The molecule has 0 radical (unpaired) electrons. The summed E-state index contributed by atoms with van der Waals surface area (Å²) in [6, 6.07) is 9.65. The second-order valence-electron chi connectivity index (χ2n) is 4.82. The summed E-state index contributed by atoms with van der Waals surface area (Å²) in [5.74, 6) is 0.601. The zero-order chi connectivity index (χ0) is 14.7. The predicted octanol–water partition coefficient (Wildman–Crippen LogP) is 2.97. The smallest absolute Gasteiger partial charge is 0.174 e. The molecule has 0 aliphatic heterocycles. The molecule has 3 rings (SSSR count). The molecule has 108 valence electrons. The molecule has 6 heteroatoms. The number of halogens is 1. The summed E-state index contributed by atoms with van der Waals surface area (Å²) >= 11 is 6.36. The minimum Gasteiger partial charge on any atom is -0.313 e. The molecule has 0 spiro atoms. The molecule has 0 saturated carbocycles. The van der Waals surface area contributed by atoms with Gasteiger partial charge in [-0.3, -0.25) is 0 Å². The SMILES string of the molecule is CCCNCc1cnc(-n2nnc3ccccc32)c(Cl)c1. The second kappa shape index (κ2) is 6.20. The molecule has 5 nitrogen and oxygen atoms in total. The first kappa shape index (κ1) is 14.0. The van der Waals surface area contributed by atoms with Gasteiger partial charge in [-0.2, -0.15) is 4.68 Å². The molecule has 2 heterocycles. The van der Waals surface area contributed by atoms with Crippen molar-refractivity contribution in [3.8, 4) is 5.82 Å². The van der Waals surface area contributed by atoms with Gasteiger partial charge in [0.25, 0.3) is 0 Å². The lowest BCUT2D eigenvalue weighted by Gasteiger charge is -2.07. The maximum absolute atomic E-state index is 6.36. The van der Waals surface area contributed by atoms with Gasteiger partial charge >= 0.3 is 0 Å². The summed E-state index contributed by atoms with van der Waals surface area (Å²) in [6.07, 6.45) is 2.92. The topological polar surface area (TPSA) is 55.6 Å². The van der Waals surface area contributed by atoms with Gasteiger partial charge in [0.15, 0.2) is 5.82 Å². The van der Waals surface area contributed by atoms with E-state index in [4.69, 9.17) is 11.6 Å². The Kier molecular flexibility index (Phi) is 4.13. The number of hydrogen-bond acceptors (Lipinski definition) is 4. The fourth-order valence-electron chi connectivity index (χ4n) is 2.16. The minimum atomic E-state index is 0.571. The van der Waals surface area contributed by atoms with Gasteiger partial charge in [0.05, 0.1) is 10.5 Å². The molecule has 0 aliphatic carbocycles. The van der Waals surface area contributed by atoms with E-state index in [1.54, 1.807) is 4.68 Å². The Labute approximate surface area is 127 Å². The lowest BCUT2D eigenvalue weighted by molar-refractivity contribution is 0.673. The van der Waals surface area contributed by atoms with Crippen LogP contribution in [0.4, 0.5) is 0 Å².